The number of hydrogen-bond acceptors (Lipinski definition) is 4. The first kappa shape index (κ1) is 16.3. The van der Waals surface area contributed by atoms with Crippen molar-refractivity contribution in [1.82, 2.24) is 9.80 Å². The van der Waals surface area contributed by atoms with E-state index in [1.807, 2.05) is 30.3 Å². The van der Waals surface area contributed by atoms with E-state index in [0.29, 0.717) is 31.7 Å². The van der Waals surface area contributed by atoms with Crippen LogP contribution >= 0.6 is 0 Å². The Morgan fingerprint density at radius 2 is 1.71 bits per heavy atom. The molecule has 3 rings (SSSR count). The van der Waals surface area contributed by atoms with E-state index in [1.54, 1.807) is 15.9 Å². The highest BCUT2D eigenvalue weighted by Crippen LogP contribution is 2.16. The summed E-state index contributed by atoms with van der Waals surface area (Å²) in [6.07, 6.45) is 3.20. The Labute approximate surface area is 140 Å². The van der Waals surface area contributed by atoms with E-state index in [4.69, 9.17) is 10.2 Å². The van der Waals surface area contributed by atoms with Gasteiger partial charge < -0.3 is 20.0 Å². The second-order valence-electron chi connectivity index (χ2n) is 5.91. The van der Waals surface area contributed by atoms with E-state index >= 15 is 0 Å². The zero-order valence-corrected chi connectivity index (χ0v) is 13.4. The molecule has 0 saturated carbocycles. The Morgan fingerprint density at radius 3 is 2.33 bits per heavy atom. The summed E-state index contributed by atoms with van der Waals surface area (Å²) in [5.41, 5.74) is 7.62. The molecule has 2 N–H and O–H groups in total. The van der Waals surface area contributed by atoms with Crippen molar-refractivity contribution in [2.24, 2.45) is 5.73 Å². The number of rotatable bonds is 4. The van der Waals surface area contributed by atoms with E-state index in [1.165, 1.54) is 12.5 Å². The van der Waals surface area contributed by atoms with E-state index < -0.39 is 0 Å². The third-order valence-corrected chi connectivity index (χ3v) is 4.31. The number of piperazine rings is 1. The molecule has 0 unspecified atom stereocenters. The second-order valence-corrected chi connectivity index (χ2v) is 5.91. The Balaban J connectivity index is 1.51. The normalized spacial score (nSPS) is 16.0. The maximum atomic E-state index is 12.4. The van der Waals surface area contributed by atoms with Crippen LogP contribution in [0.15, 0.2) is 53.3 Å². The SMILES string of the molecule is N[C@H](CC(=O)N1CCN(C(=O)c2ccoc2)CC1)c1ccccc1. The molecule has 2 aromatic rings. The summed E-state index contributed by atoms with van der Waals surface area (Å²) in [5, 5.41) is 0. The summed E-state index contributed by atoms with van der Waals surface area (Å²) in [5.74, 6) is -0.0291. The number of nitrogens with zero attached hydrogens (tertiary/aromatic N) is 2. The first-order chi connectivity index (χ1) is 11.6. The number of amides is 2. The van der Waals surface area contributed by atoms with Crippen molar-refractivity contribution >= 4 is 11.8 Å². The molecule has 126 valence electrons. The van der Waals surface area contributed by atoms with Crippen LogP contribution in [0.1, 0.15) is 28.4 Å². The number of hydrogen-bond donors (Lipinski definition) is 1. The van der Waals surface area contributed by atoms with Crippen LogP contribution in [0.5, 0.6) is 0 Å². The Morgan fingerprint density at radius 1 is 1.04 bits per heavy atom. The minimum absolute atomic E-state index is 0.0294. The molecule has 1 fully saturated rings. The summed E-state index contributed by atoms with van der Waals surface area (Å²) in [6, 6.07) is 11.0. The summed E-state index contributed by atoms with van der Waals surface area (Å²) in [7, 11) is 0. The first-order valence-electron chi connectivity index (χ1n) is 8.05. The molecule has 1 aliphatic heterocycles. The summed E-state index contributed by atoms with van der Waals surface area (Å²) >= 11 is 0. The van der Waals surface area contributed by atoms with E-state index in [-0.39, 0.29) is 24.3 Å². The fraction of sp³-hybridized carbons (Fsp3) is 0.333. The molecule has 2 amide bonds. The molecule has 0 aliphatic carbocycles. The highest BCUT2D eigenvalue weighted by atomic mass is 16.3. The number of benzene rings is 1. The predicted octanol–water partition coefficient (Wildman–Crippen LogP) is 1.65. The third kappa shape index (κ3) is 3.65. The molecular weight excluding hydrogens is 306 g/mol. The maximum absolute atomic E-state index is 12.4. The van der Waals surface area contributed by atoms with Gasteiger partial charge in [0.2, 0.25) is 5.91 Å². The van der Waals surface area contributed by atoms with E-state index in [0.717, 1.165) is 5.56 Å². The molecule has 24 heavy (non-hydrogen) atoms. The fourth-order valence-corrected chi connectivity index (χ4v) is 2.86. The third-order valence-electron chi connectivity index (χ3n) is 4.31. The van der Waals surface area contributed by atoms with Gasteiger partial charge in [-0.05, 0) is 11.6 Å². The molecular formula is C18H21N3O3. The fourth-order valence-electron chi connectivity index (χ4n) is 2.86. The highest BCUT2D eigenvalue weighted by molar-refractivity contribution is 5.94. The molecule has 2 heterocycles. The summed E-state index contributed by atoms with van der Waals surface area (Å²) in [6.45, 7) is 2.11. The Kier molecular flexibility index (Phi) is 4.96. The van der Waals surface area contributed by atoms with Crippen molar-refractivity contribution in [3.05, 3.63) is 60.1 Å². The molecule has 0 bridgehead atoms. The lowest BCUT2D eigenvalue weighted by atomic mass is 10.0. The molecule has 0 radical (unpaired) electrons. The van der Waals surface area contributed by atoms with Crippen LogP contribution in [-0.4, -0.2) is 47.8 Å². The smallest absolute Gasteiger partial charge is 0.257 e. The molecule has 0 spiro atoms. The van der Waals surface area contributed by atoms with Crippen molar-refractivity contribution in [3.63, 3.8) is 0 Å². The van der Waals surface area contributed by atoms with E-state index in [9.17, 15) is 9.59 Å². The highest BCUT2D eigenvalue weighted by Gasteiger charge is 2.26. The van der Waals surface area contributed by atoms with Gasteiger partial charge >= 0.3 is 0 Å². The average Bonchev–Trinajstić information content (AvgIpc) is 3.16. The van der Waals surface area contributed by atoms with Gasteiger partial charge in [-0.3, -0.25) is 9.59 Å². The molecule has 1 aromatic heterocycles. The number of carbonyl (C=O) groups is 2. The van der Waals surface area contributed by atoms with Gasteiger partial charge in [0.05, 0.1) is 11.8 Å². The maximum Gasteiger partial charge on any atom is 0.257 e. The van der Waals surface area contributed by atoms with Gasteiger partial charge in [0, 0.05) is 38.6 Å². The molecule has 1 aromatic carbocycles. The quantitative estimate of drug-likeness (QED) is 0.926. The van der Waals surface area contributed by atoms with Crippen molar-refractivity contribution in [3.8, 4) is 0 Å². The lowest BCUT2D eigenvalue weighted by Gasteiger charge is -2.35. The summed E-state index contributed by atoms with van der Waals surface area (Å²) < 4.78 is 4.95. The van der Waals surface area contributed by atoms with Crippen LogP contribution in [-0.2, 0) is 4.79 Å². The van der Waals surface area contributed by atoms with Gasteiger partial charge in [0.15, 0.2) is 0 Å². The zero-order chi connectivity index (χ0) is 16.9. The monoisotopic (exact) mass is 327 g/mol. The minimum atomic E-state index is -0.302. The number of furan rings is 1. The lowest BCUT2D eigenvalue weighted by molar-refractivity contribution is -0.133. The van der Waals surface area contributed by atoms with Crippen LogP contribution in [0.4, 0.5) is 0 Å². The van der Waals surface area contributed by atoms with Gasteiger partial charge in [-0.1, -0.05) is 30.3 Å². The molecule has 1 aliphatic rings. The largest absolute Gasteiger partial charge is 0.472 e. The van der Waals surface area contributed by atoms with Crippen LogP contribution < -0.4 is 5.73 Å². The van der Waals surface area contributed by atoms with Crippen molar-refractivity contribution in [2.75, 3.05) is 26.2 Å². The second kappa shape index (κ2) is 7.31. The average molecular weight is 327 g/mol. The van der Waals surface area contributed by atoms with Crippen molar-refractivity contribution < 1.29 is 14.0 Å². The van der Waals surface area contributed by atoms with Crippen LogP contribution in [0.2, 0.25) is 0 Å². The lowest BCUT2D eigenvalue weighted by Crippen LogP contribution is -2.50. The molecule has 6 nitrogen and oxygen atoms in total. The van der Waals surface area contributed by atoms with Crippen LogP contribution in [0.25, 0.3) is 0 Å². The van der Waals surface area contributed by atoms with Gasteiger partial charge in [-0.2, -0.15) is 0 Å². The molecule has 1 atom stereocenters. The number of carbonyl (C=O) groups excluding carboxylic acids is 2. The topological polar surface area (TPSA) is 79.8 Å². The van der Waals surface area contributed by atoms with Crippen molar-refractivity contribution in [1.29, 1.82) is 0 Å². The summed E-state index contributed by atoms with van der Waals surface area (Å²) in [4.78, 5) is 28.2. The van der Waals surface area contributed by atoms with Gasteiger partial charge in [0.25, 0.3) is 5.91 Å². The van der Waals surface area contributed by atoms with Gasteiger partial charge in [-0.25, -0.2) is 0 Å². The van der Waals surface area contributed by atoms with Crippen LogP contribution in [0, 0.1) is 0 Å². The van der Waals surface area contributed by atoms with Crippen molar-refractivity contribution in [2.45, 2.75) is 12.5 Å². The van der Waals surface area contributed by atoms with Gasteiger partial charge in [-0.15, -0.1) is 0 Å². The van der Waals surface area contributed by atoms with E-state index in [2.05, 4.69) is 0 Å². The molecule has 1 saturated heterocycles. The zero-order valence-electron chi connectivity index (χ0n) is 13.4. The first-order valence-corrected chi connectivity index (χ1v) is 8.05. The Hall–Kier alpha value is -2.60. The molecule has 6 heteroatoms. The number of nitrogens with two attached hydrogens (primary N) is 1. The van der Waals surface area contributed by atoms with Gasteiger partial charge in [0.1, 0.15) is 6.26 Å². The van der Waals surface area contributed by atoms with Crippen LogP contribution in [0.3, 0.4) is 0 Å². The predicted molar refractivity (Wildman–Crippen MR) is 89.2 cm³/mol. The standard InChI is InChI=1S/C18H21N3O3/c19-16(14-4-2-1-3-5-14)12-17(22)20-7-9-21(10-8-20)18(23)15-6-11-24-13-15/h1-6,11,13,16H,7-10,12,19H2/t16-/m1/s1. The minimum Gasteiger partial charge on any atom is -0.472 e. The Bertz CT molecular complexity index is 677.